The number of hydrogen-bond acceptors (Lipinski definition) is 6. The number of ether oxygens (including phenoxy) is 2. The van der Waals surface area contributed by atoms with Gasteiger partial charge in [-0.1, -0.05) is 12.1 Å². The van der Waals surface area contributed by atoms with E-state index < -0.39 is 11.9 Å². The third-order valence-corrected chi connectivity index (χ3v) is 5.30. The maximum Gasteiger partial charge on any atom is 0.238 e. The molecule has 168 valence electrons. The van der Waals surface area contributed by atoms with Gasteiger partial charge in [0.1, 0.15) is 18.5 Å². The van der Waals surface area contributed by atoms with Crippen molar-refractivity contribution in [2.45, 2.75) is 19.1 Å². The number of piperazine rings is 1. The van der Waals surface area contributed by atoms with Gasteiger partial charge in [-0.25, -0.2) is 4.39 Å². The lowest BCUT2D eigenvalue weighted by molar-refractivity contribution is -0.118. The molecule has 1 amide bonds. The van der Waals surface area contributed by atoms with E-state index >= 15 is 0 Å². The Bertz CT molecular complexity index is 849. The number of halogens is 1. The van der Waals surface area contributed by atoms with Crippen LogP contribution in [0.25, 0.3) is 0 Å². The summed E-state index contributed by atoms with van der Waals surface area (Å²) in [5.74, 6) is 0.375. The molecule has 0 radical (unpaired) electrons. The molecular formula is C23H30FN3O4. The van der Waals surface area contributed by atoms with E-state index in [0.717, 1.165) is 31.1 Å². The molecule has 3 rings (SSSR count). The number of benzene rings is 2. The fourth-order valence-corrected chi connectivity index (χ4v) is 3.63. The third-order valence-electron chi connectivity index (χ3n) is 5.30. The van der Waals surface area contributed by atoms with Gasteiger partial charge in [-0.3, -0.25) is 14.6 Å². The van der Waals surface area contributed by atoms with E-state index in [4.69, 9.17) is 9.47 Å². The summed E-state index contributed by atoms with van der Waals surface area (Å²) in [7, 11) is 1.60. The van der Waals surface area contributed by atoms with Gasteiger partial charge in [0.05, 0.1) is 13.7 Å². The van der Waals surface area contributed by atoms with Crippen LogP contribution in [0.5, 0.6) is 11.5 Å². The topological polar surface area (TPSA) is 74.3 Å². The Balaban J connectivity index is 1.40. The number of methoxy groups -OCH3 is 1. The second-order valence-corrected chi connectivity index (χ2v) is 7.75. The summed E-state index contributed by atoms with van der Waals surface area (Å²) in [5, 5.41) is 13.2. The van der Waals surface area contributed by atoms with E-state index in [0.29, 0.717) is 13.1 Å². The molecule has 2 N–H and O–H groups in total. The van der Waals surface area contributed by atoms with E-state index in [1.54, 1.807) is 37.4 Å². The number of amides is 1. The van der Waals surface area contributed by atoms with Crippen molar-refractivity contribution in [2.24, 2.45) is 0 Å². The molecule has 2 aromatic rings. The number of rotatable bonds is 9. The first-order valence-corrected chi connectivity index (χ1v) is 10.4. The molecule has 31 heavy (non-hydrogen) atoms. The quantitative estimate of drug-likeness (QED) is 0.634. The molecule has 8 heteroatoms. The molecule has 2 aromatic carbocycles. The van der Waals surface area contributed by atoms with Gasteiger partial charge in [-0.15, -0.1) is 0 Å². The molecule has 1 fully saturated rings. The Kier molecular flexibility index (Phi) is 8.22. The lowest BCUT2D eigenvalue weighted by atomic mass is 10.1. The van der Waals surface area contributed by atoms with Crippen LogP contribution in [0.2, 0.25) is 0 Å². The van der Waals surface area contributed by atoms with Crippen LogP contribution in [0.4, 0.5) is 10.1 Å². The Morgan fingerprint density at radius 2 is 1.97 bits per heavy atom. The third kappa shape index (κ3) is 6.92. The van der Waals surface area contributed by atoms with E-state index in [9.17, 15) is 14.3 Å². The molecule has 2 atom stereocenters. The van der Waals surface area contributed by atoms with Crippen LogP contribution in [0.15, 0.2) is 48.5 Å². The molecule has 1 aliphatic rings. The van der Waals surface area contributed by atoms with Crippen molar-refractivity contribution in [2.75, 3.05) is 51.8 Å². The molecule has 0 bridgehead atoms. The predicted octanol–water partition coefficient (Wildman–Crippen LogP) is 2.22. The fourth-order valence-electron chi connectivity index (χ4n) is 3.63. The van der Waals surface area contributed by atoms with Crippen LogP contribution in [-0.4, -0.2) is 79.4 Å². The van der Waals surface area contributed by atoms with E-state index in [2.05, 4.69) is 22.0 Å². The standard InChI is InChI=1S/C23H30FN3O4/c1-17-13-26(15-23(29)25-18-7-9-20(30-2)10-8-18)11-12-27(17)14-19(28)16-31-22-6-4-3-5-21(22)24/h3-10,17,19,28H,11-16H2,1-2H3,(H,25,29)/t17-,19-/m0/s1. The average Bonchev–Trinajstić information content (AvgIpc) is 2.75. The number of hydrogen-bond donors (Lipinski definition) is 2. The van der Waals surface area contributed by atoms with Crippen molar-refractivity contribution in [3.8, 4) is 11.5 Å². The molecule has 0 saturated carbocycles. The van der Waals surface area contributed by atoms with Crippen LogP contribution in [0, 0.1) is 5.82 Å². The number of nitrogens with one attached hydrogen (secondary N) is 1. The zero-order valence-corrected chi connectivity index (χ0v) is 18.0. The number of carbonyl (C=O) groups excluding carboxylic acids is 1. The normalized spacial score (nSPS) is 18.4. The second kappa shape index (κ2) is 11.1. The lowest BCUT2D eigenvalue weighted by Crippen LogP contribution is -2.55. The number of para-hydroxylation sites is 1. The fraction of sp³-hybridized carbons (Fsp3) is 0.435. The minimum Gasteiger partial charge on any atom is -0.497 e. The zero-order valence-electron chi connectivity index (χ0n) is 18.0. The molecule has 0 aliphatic carbocycles. The Morgan fingerprint density at radius 3 is 2.65 bits per heavy atom. The van der Waals surface area contributed by atoms with E-state index in [1.807, 2.05) is 12.1 Å². The molecule has 0 aromatic heterocycles. The van der Waals surface area contributed by atoms with Gasteiger partial charge in [0.25, 0.3) is 0 Å². The Hall–Kier alpha value is -2.68. The largest absolute Gasteiger partial charge is 0.497 e. The van der Waals surface area contributed by atoms with Crippen LogP contribution >= 0.6 is 0 Å². The molecular weight excluding hydrogens is 401 g/mol. The number of aliphatic hydroxyl groups excluding tert-OH is 1. The van der Waals surface area contributed by atoms with E-state index in [-0.39, 0.29) is 24.3 Å². The zero-order chi connectivity index (χ0) is 22.2. The minimum atomic E-state index is -0.730. The maximum absolute atomic E-state index is 13.6. The van der Waals surface area contributed by atoms with Crippen molar-refractivity contribution in [1.82, 2.24) is 9.80 Å². The van der Waals surface area contributed by atoms with Gasteiger partial charge in [-0.2, -0.15) is 0 Å². The smallest absolute Gasteiger partial charge is 0.238 e. The van der Waals surface area contributed by atoms with Crippen LogP contribution in [-0.2, 0) is 4.79 Å². The summed E-state index contributed by atoms with van der Waals surface area (Å²) in [6, 6.07) is 13.5. The summed E-state index contributed by atoms with van der Waals surface area (Å²) in [6.07, 6.45) is -0.730. The van der Waals surface area contributed by atoms with Gasteiger partial charge in [-0.05, 0) is 43.3 Å². The number of carbonyl (C=O) groups is 1. The highest BCUT2D eigenvalue weighted by atomic mass is 19.1. The van der Waals surface area contributed by atoms with Crippen LogP contribution in [0.3, 0.4) is 0 Å². The van der Waals surface area contributed by atoms with Gasteiger partial charge in [0, 0.05) is 37.9 Å². The summed E-state index contributed by atoms with van der Waals surface area (Å²) in [5.41, 5.74) is 0.732. The van der Waals surface area contributed by atoms with Crippen molar-refractivity contribution >= 4 is 11.6 Å². The Morgan fingerprint density at radius 1 is 1.23 bits per heavy atom. The summed E-state index contributed by atoms with van der Waals surface area (Å²) in [4.78, 5) is 16.6. The second-order valence-electron chi connectivity index (χ2n) is 7.75. The van der Waals surface area contributed by atoms with Gasteiger partial charge >= 0.3 is 0 Å². The summed E-state index contributed by atoms with van der Waals surface area (Å²) >= 11 is 0. The van der Waals surface area contributed by atoms with Crippen molar-refractivity contribution in [1.29, 1.82) is 0 Å². The first-order valence-electron chi connectivity index (χ1n) is 10.4. The van der Waals surface area contributed by atoms with Gasteiger partial charge < -0.3 is 19.9 Å². The van der Waals surface area contributed by atoms with E-state index in [1.165, 1.54) is 6.07 Å². The average molecular weight is 432 g/mol. The van der Waals surface area contributed by atoms with Gasteiger partial charge in [0.2, 0.25) is 5.91 Å². The number of nitrogens with zero attached hydrogens (tertiary/aromatic N) is 2. The molecule has 1 heterocycles. The molecule has 1 saturated heterocycles. The highest BCUT2D eigenvalue weighted by molar-refractivity contribution is 5.92. The van der Waals surface area contributed by atoms with Crippen molar-refractivity contribution in [3.63, 3.8) is 0 Å². The van der Waals surface area contributed by atoms with Crippen molar-refractivity contribution in [3.05, 3.63) is 54.3 Å². The highest BCUT2D eigenvalue weighted by Crippen LogP contribution is 2.17. The molecule has 1 aliphatic heterocycles. The first kappa shape index (κ1) is 23.0. The van der Waals surface area contributed by atoms with Crippen LogP contribution in [0.1, 0.15) is 6.92 Å². The number of aliphatic hydroxyl groups is 1. The Labute approximate surface area is 182 Å². The number of anilines is 1. The minimum absolute atomic E-state index is 0.0259. The lowest BCUT2D eigenvalue weighted by Gasteiger charge is -2.40. The molecule has 7 nitrogen and oxygen atoms in total. The van der Waals surface area contributed by atoms with Crippen molar-refractivity contribution < 1.29 is 23.8 Å². The highest BCUT2D eigenvalue weighted by Gasteiger charge is 2.26. The molecule has 0 unspecified atom stereocenters. The van der Waals surface area contributed by atoms with Gasteiger partial charge in [0.15, 0.2) is 11.6 Å². The first-order chi connectivity index (χ1) is 14.9. The SMILES string of the molecule is COc1ccc(NC(=O)CN2CCN(C[C@H](O)COc3ccccc3F)[C@@H](C)C2)cc1. The number of β-amino-alcohol motifs (C(OH)–C–C–N with tert-alkyl or cyclic N) is 1. The summed E-state index contributed by atoms with van der Waals surface area (Å²) < 4.78 is 24.1. The molecule has 0 spiro atoms. The van der Waals surface area contributed by atoms with Crippen LogP contribution < -0.4 is 14.8 Å². The summed E-state index contributed by atoms with van der Waals surface area (Å²) in [6.45, 7) is 5.01. The maximum atomic E-state index is 13.6. The predicted molar refractivity (Wildman–Crippen MR) is 117 cm³/mol. The monoisotopic (exact) mass is 431 g/mol.